The zero-order chi connectivity index (χ0) is 23.3. The van der Waals surface area contributed by atoms with Gasteiger partial charge >= 0.3 is 0 Å². The van der Waals surface area contributed by atoms with Crippen LogP contribution in [-0.2, 0) is 10.0 Å². The summed E-state index contributed by atoms with van der Waals surface area (Å²) in [5.41, 5.74) is 1.31. The molecule has 0 aliphatic rings. The van der Waals surface area contributed by atoms with E-state index in [1.165, 1.54) is 20.4 Å². The van der Waals surface area contributed by atoms with Gasteiger partial charge in [0, 0.05) is 12.1 Å². The summed E-state index contributed by atoms with van der Waals surface area (Å²) < 4.78 is 41.7. The van der Waals surface area contributed by atoms with Crippen LogP contribution in [0.2, 0.25) is 5.02 Å². The highest BCUT2D eigenvalue weighted by Crippen LogP contribution is 2.34. The molecular formula is C20H22ClN5O5S. The zero-order valence-corrected chi connectivity index (χ0v) is 19.3. The molecule has 0 aliphatic heterocycles. The molecule has 0 atom stereocenters. The Kier molecular flexibility index (Phi) is 7.11. The molecule has 3 N–H and O–H groups in total. The molecule has 0 fully saturated rings. The van der Waals surface area contributed by atoms with Crippen LogP contribution >= 0.6 is 11.6 Å². The molecule has 0 radical (unpaired) electrons. The highest BCUT2D eigenvalue weighted by atomic mass is 35.5. The topological polar surface area (TPSA) is 124 Å². The fourth-order valence-corrected chi connectivity index (χ4v) is 3.41. The van der Waals surface area contributed by atoms with Crippen molar-refractivity contribution in [2.45, 2.75) is 0 Å². The lowest BCUT2D eigenvalue weighted by Gasteiger charge is -2.16. The Balaban J connectivity index is 1.92. The molecule has 0 unspecified atom stereocenters. The third kappa shape index (κ3) is 5.83. The first-order valence-corrected chi connectivity index (χ1v) is 11.4. The normalized spacial score (nSPS) is 10.9. The molecule has 0 saturated heterocycles. The van der Waals surface area contributed by atoms with Crippen LogP contribution in [0.25, 0.3) is 0 Å². The summed E-state index contributed by atoms with van der Waals surface area (Å²) in [5.74, 6) is 2.15. The summed E-state index contributed by atoms with van der Waals surface area (Å²) in [6.45, 7) is 0. The van der Waals surface area contributed by atoms with Crippen LogP contribution in [0.15, 0.2) is 42.6 Å². The van der Waals surface area contributed by atoms with Crippen molar-refractivity contribution in [2.24, 2.45) is 0 Å². The second-order valence-electron chi connectivity index (χ2n) is 6.49. The van der Waals surface area contributed by atoms with Crippen molar-refractivity contribution in [3.05, 3.63) is 47.6 Å². The summed E-state index contributed by atoms with van der Waals surface area (Å²) in [5, 5.41) is 6.33. The molecule has 0 amide bonds. The van der Waals surface area contributed by atoms with Crippen LogP contribution in [0.4, 0.5) is 28.8 Å². The Hall–Kier alpha value is -3.44. The van der Waals surface area contributed by atoms with E-state index < -0.39 is 10.0 Å². The minimum atomic E-state index is -3.54. The Bertz CT molecular complexity index is 1220. The summed E-state index contributed by atoms with van der Waals surface area (Å²) in [4.78, 5) is 8.59. The molecule has 12 heteroatoms. The van der Waals surface area contributed by atoms with E-state index in [4.69, 9.17) is 25.8 Å². The first kappa shape index (κ1) is 23.2. The van der Waals surface area contributed by atoms with Crippen molar-refractivity contribution >= 4 is 50.5 Å². The first-order valence-electron chi connectivity index (χ1n) is 9.17. The number of nitrogens with one attached hydrogen (secondary N) is 3. The van der Waals surface area contributed by atoms with Crippen LogP contribution in [0.5, 0.6) is 17.2 Å². The second-order valence-corrected chi connectivity index (χ2v) is 8.65. The average molecular weight is 480 g/mol. The van der Waals surface area contributed by atoms with E-state index in [1.54, 1.807) is 43.5 Å². The quantitative estimate of drug-likeness (QED) is 0.417. The van der Waals surface area contributed by atoms with Crippen molar-refractivity contribution in [1.29, 1.82) is 0 Å². The molecule has 10 nitrogen and oxygen atoms in total. The van der Waals surface area contributed by atoms with Gasteiger partial charge in [-0.3, -0.25) is 4.72 Å². The van der Waals surface area contributed by atoms with Crippen LogP contribution in [0.1, 0.15) is 0 Å². The zero-order valence-electron chi connectivity index (χ0n) is 17.8. The van der Waals surface area contributed by atoms with E-state index in [1.807, 2.05) is 0 Å². The summed E-state index contributed by atoms with van der Waals surface area (Å²) >= 11 is 6.27. The third-order valence-corrected chi connectivity index (χ3v) is 5.04. The molecule has 0 bridgehead atoms. The van der Waals surface area contributed by atoms with Gasteiger partial charge < -0.3 is 24.8 Å². The van der Waals surface area contributed by atoms with Crippen molar-refractivity contribution in [1.82, 2.24) is 9.97 Å². The van der Waals surface area contributed by atoms with E-state index in [0.717, 1.165) is 6.26 Å². The van der Waals surface area contributed by atoms with Gasteiger partial charge in [0.25, 0.3) is 0 Å². The molecule has 0 saturated carbocycles. The first-order chi connectivity index (χ1) is 15.2. The molecule has 0 spiro atoms. The fourth-order valence-electron chi connectivity index (χ4n) is 2.71. The number of halogens is 1. The Morgan fingerprint density at radius 2 is 1.53 bits per heavy atom. The van der Waals surface area contributed by atoms with Crippen molar-refractivity contribution < 1.29 is 22.6 Å². The molecule has 1 heterocycles. The Labute approximate surface area is 190 Å². The number of rotatable bonds is 9. The van der Waals surface area contributed by atoms with E-state index in [0.29, 0.717) is 28.6 Å². The van der Waals surface area contributed by atoms with Crippen molar-refractivity contribution in [3.8, 4) is 17.2 Å². The minimum Gasteiger partial charge on any atom is -0.497 e. The number of aromatic nitrogens is 2. The van der Waals surface area contributed by atoms with E-state index in [9.17, 15) is 8.42 Å². The fraction of sp³-hybridized carbons (Fsp3) is 0.200. The van der Waals surface area contributed by atoms with Crippen molar-refractivity contribution in [2.75, 3.05) is 42.9 Å². The van der Waals surface area contributed by atoms with Crippen molar-refractivity contribution in [3.63, 3.8) is 0 Å². The number of hydrogen-bond acceptors (Lipinski definition) is 9. The predicted octanol–water partition coefficient (Wildman–Crippen LogP) is 4.01. The lowest BCUT2D eigenvalue weighted by molar-refractivity contribution is 0.395. The molecule has 3 rings (SSSR count). The smallest absolute Gasteiger partial charge is 0.229 e. The Morgan fingerprint density at radius 3 is 2.16 bits per heavy atom. The maximum atomic E-state index is 11.8. The van der Waals surface area contributed by atoms with Gasteiger partial charge in [0.15, 0.2) is 5.82 Å². The molecule has 0 aliphatic carbocycles. The van der Waals surface area contributed by atoms with Gasteiger partial charge in [-0.05, 0) is 24.3 Å². The van der Waals surface area contributed by atoms with Gasteiger partial charge in [0.2, 0.25) is 16.0 Å². The SMILES string of the molecule is COc1ccc(Nc2nc(Nc3ccc(OC)cc3OC)ncc2Cl)c(NS(C)(=O)=O)c1. The number of methoxy groups -OCH3 is 3. The maximum absolute atomic E-state index is 11.8. The lowest BCUT2D eigenvalue weighted by Crippen LogP contribution is -2.11. The van der Waals surface area contributed by atoms with Crippen LogP contribution in [0.3, 0.4) is 0 Å². The van der Waals surface area contributed by atoms with Crippen LogP contribution in [0, 0.1) is 0 Å². The molecule has 170 valence electrons. The number of hydrogen-bond donors (Lipinski definition) is 3. The van der Waals surface area contributed by atoms with Crippen LogP contribution < -0.4 is 29.6 Å². The molecule has 1 aromatic heterocycles. The average Bonchev–Trinajstić information content (AvgIpc) is 2.76. The number of nitrogens with zero attached hydrogens (tertiary/aromatic N) is 2. The standard InChI is InChI=1S/C20H22ClN5O5S/c1-29-12-5-7-15(17(9-12)26-32(4,27)28)23-19-14(21)11-22-20(25-19)24-16-8-6-13(30-2)10-18(16)31-3/h5-11,26H,1-4H3,(H2,22,23,24,25). The summed E-state index contributed by atoms with van der Waals surface area (Å²) in [6.07, 6.45) is 2.47. The summed E-state index contributed by atoms with van der Waals surface area (Å²) in [6, 6.07) is 10.1. The summed E-state index contributed by atoms with van der Waals surface area (Å²) in [7, 11) is 1.05. The monoisotopic (exact) mass is 479 g/mol. The largest absolute Gasteiger partial charge is 0.497 e. The predicted molar refractivity (Wildman–Crippen MR) is 125 cm³/mol. The van der Waals surface area contributed by atoms with Gasteiger partial charge in [-0.2, -0.15) is 4.98 Å². The van der Waals surface area contributed by atoms with Crippen LogP contribution in [-0.4, -0.2) is 46.0 Å². The van der Waals surface area contributed by atoms with Gasteiger partial charge in [0.05, 0.1) is 50.8 Å². The molecular weight excluding hydrogens is 458 g/mol. The molecule has 3 aromatic rings. The molecule has 32 heavy (non-hydrogen) atoms. The van der Waals surface area contributed by atoms with Gasteiger partial charge in [0.1, 0.15) is 22.3 Å². The maximum Gasteiger partial charge on any atom is 0.229 e. The highest BCUT2D eigenvalue weighted by Gasteiger charge is 2.14. The van der Waals surface area contributed by atoms with Gasteiger partial charge in [-0.25, -0.2) is 13.4 Å². The number of sulfonamides is 1. The van der Waals surface area contributed by atoms with Gasteiger partial charge in [-0.1, -0.05) is 11.6 Å². The number of ether oxygens (including phenoxy) is 3. The number of benzene rings is 2. The lowest BCUT2D eigenvalue weighted by atomic mass is 10.2. The Morgan fingerprint density at radius 1 is 0.875 bits per heavy atom. The highest BCUT2D eigenvalue weighted by molar-refractivity contribution is 7.92. The number of anilines is 5. The van der Waals surface area contributed by atoms with Gasteiger partial charge in [-0.15, -0.1) is 0 Å². The van der Waals surface area contributed by atoms with E-state index in [-0.39, 0.29) is 22.5 Å². The second kappa shape index (κ2) is 9.79. The minimum absolute atomic E-state index is 0.235. The van der Waals surface area contributed by atoms with E-state index >= 15 is 0 Å². The third-order valence-electron chi connectivity index (χ3n) is 4.17. The van der Waals surface area contributed by atoms with E-state index in [2.05, 4.69) is 25.3 Å². The molecule has 2 aromatic carbocycles.